The van der Waals surface area contributed by atoms with E-state index >= 15 is 0 Å². The van der Waals surface area contributed by atoms with Gasteiger partial charge in [-0.1, -0.05) is 23.2 Å². The predicted octanol–water partition coefficient (Wildman–Crippen LogP) is 5.82. The Bertz CT molecular complexity index is 963. The Morgan fingerprint density at radius 2 is 1.57 bits per heavy atom. The van der Waals surface area contributed by atoms with Crippen molar-refractivity contribution in [2.24, 2.45) is 10.2 Å². The summed E-state index contributed by atoms with van der Waals surface area (Å²) >= 11 is 11.5. The highest BCUT2D eigenvalue weighted by molar-refractivity contribution is 6.35. The zero-order valence-electron chi connectivity index (χ0n) is 13.3. The second-order valence-corrected chi connectivity index (χ2v) is 6.01. The molecule has 0 aliphatic carbocycles. The van der Waals surface area contributed by atoms with E-state index in [0.29, 0.717) is 0 Å². The Morgan fingerprint density at radius 3 is 2.04 bits per heavy atom. The van der Waals surface area contributed by atoms with Crippen molar-refractivity contribution in [3.05, 3.63) is 65.7 Å². The third-order valence-electron chi connectivity index (χ3n) is 3.31. The average molecular weight is 439 g/mol. The number of nitrogens with zero attached hydrogens (tertiary/aromatic N) is 4. The van der Waals surface area contributed by atoms with Crippen molar-refractivity contribution in [1.29, 1.82) is 0 Å². The van der Waals surface area contributed by atoms with Crippen LogP contribution in [-0.2, 0) is 12.7 Å². The number of aromatic hydroxyl groups is 1. The summed E-state index contributed by atoms with van der Waals surface area (Å²) in [5.74, 6) is -0.415. The number of nitro benzene ring substituents is 2. The van der Waals surface area contributed by atoms with Gasteiger partial charge in [-0.2, -0.15) is 18.3 Å². The van der Waals surface area contributed by atoms with E-state index in [1.165, 1.54) is 12.1 Å². The van der Waals surface area contributed by atoms with E-state index in [1.54, 1.807) is 0 Å². The topological polar surface area (TPSA) is 131 Å². The molecule has 2 aromatic rings. The molecule has 28 heavy (non-hydrogen) atoms. The number of hydrogen-bond acceptors (Lipinski definition) is 7. The van der Waals surface area contributed by atoms with E-state index in [1.807, 2.05) is 0 Å². The minimum atomic E-state index is -5.05. The Labute approximate surface area is 163 Å². The number of rotatable bonds is 5. The Hall–Kier alpha value is -2.99. The molecule has 148 valence electrons. The van der Waals surface area contributed by atoms with Gasteiger partial charge in [-0.25, -0.2) is 0 Å². The van der Waals surface area contributed by atoms with Crippen LogP contribution in [-0.4, -0.2) is 15.0 Å². The molecule has 0 unspecified atom stereocenters. The van der Waals surface area contributed by atoms with E-state index < -0.39 is 50.9 Å². The lowest BCUT2D eigenvalue weighted by molar-refractivity contribution is -0.393. The van der Waals surface area contributed by atoms with Crippen LogP contribution in [0.3, 0.4) is 0 Å². The fourth-order valence-corrected chi connectivity index (χ4v) is 2.61. The Balaban J connectivity index is 2.54. The third-order valence-corrected chi connectivity index (χ3v) is 3.82. The Kier molecular flexibility index (Phi) is 6.04. The largest absolute Gasteiger partial charge is 0.506 e. The summed E-state index contributed by atoms with van der Waals surface area (Å²) in [5.41, 5.74) is -5.02. The number of phenolic OH excluding ortho intramolecular Hbond substituents is 1. The van der Waals surface area contributed by atoms with Crippen LogP contribution in [0.25, 0.3) is 0 Å². The molecule has 0 saturated carbocycles. The molecular formula is C14H7Cl2F3N4O5. The molecule has 2 rings (SSSR count). The highest BCUT2D eigenvalue weighted by Gasteiger charge is 2.37. The first-order valence-corrected chi connectivity index (χ1v) is 7.75. The second-order valence-electron chi connectivity index (χ2n) is 5.17. The molecule has 0 aliphatic heterocycles. The van der Waals surface area contributed by atoms with Gasteiger partial charge in [-0.3, -0.25) is 20.2 Å². The fourth-order valence-electron chi connectivity index (χ4n) is 2.07. The van der Waals surface area contributed by atoms with Crippen molar-refractivity contribution in [3.8, 4) is 5.75 Å². The normalized spacial score (nSPS) is 11.8. The van der Waals surface area contributed by atoms with Crippen molar-refractivity contribution >= 4 is 40.3 Å². The number of phenols is 1. The van der Waals surface area contributed by atoms with E-state index in [0.717, 1.165) is 0 Å². The number of hydrogen-bond donors (Lipinski definition) is 1. The quantitative estimate of drug-likeness (QED) is 0.356. The molecule has 0 bridgehead atoms. The van der Waals surface area contributed by atoms with Gasteiger partial charge in [0.15, 0.2) is 0 Å². The maximum absolute atomic E-state index is 12.8. The van der Waals surface area contributed by atoms with E-state index in [-0.39, 0.29) is 27.7 Å². The molecule has 0 atom stereocenters. The zero-order chi connectivity index (χ0) is 21.2. The monoisotopic (exact) mass is 438 g/mol. The third kappa shape index (κ3) is 4.64. The van der Waals surface area contributed by atoms with Gasteiger partial charge in [0.05, 0.1) is 27.0 Å². The summed E-state index contributed by atoms with van der Waals surface area (Å²) < 4.78 is 38.5. The van der Waals surface area contributed by atoms with Crippen LogP contribution < -0.4 is 0 Å². The van der Waals surface area contributed by atoms with Crippen LogP contribution in [0.2, 0.25) is 10.0 Å². The molecule has 0 fully saturated rings. The SMILES string of the molecule is O=[N+]([O-])c1cc(C(F)(F)F)cc([N+](=O)[O-])c1N=NCc1cc(Cl)cc(Cl)c1O. The lowest BCUT2D eigenvalue weighted by Crippen LogP contribution is -2.07. The molecule has 14 heteroatoms. The average Bonchev–Trinajstić information content (AvgIpc) is 2.57. The fraction of sp³-hybridized carbons (Fsp3) is 0.143. The van der Waals surface area contributed by atoms with Gasteiger partial charge >= 0.3 is 17.6 Å². The summed E-state index contributed by atoms with van der Waals surface area (Å²) in [6.45, 7) is -0.457. The summed E-state index contributed by atoms with van der Waals surface area (Å²) in [6.07, 6.45) is -5.05. The van der Waals surface area contributed by atoms with E-state index in [2.05, 4.69) is 10.2 Å². The smallest absolute Gasteiger partial charge is 0.416 e. The van der Waals surface area contributed by atoms with Crippen molar-refractivity contribution in [2.45, 2.75) is 12.7 Å². The van der Waals surface area contributed by atoms with Gasteiger partial charge in [-0.05, 0) is 12.1 Å². The van der Waals surface area contributed by atoms with Gasteiger partial charge in [-0.15, -0.1) is 5.11 Å². The molecule has 2 aromatic carbocycles. The molecule has 0 aliphatic rings. The van der Waals surface area contributed by atoms with Crippen LogP contribution in [0.4, 0.5) is 30.2 Å². The van der Waals surface area contributed by atoms with Gasteiger partial charge in [0.1, 0.15) is 5.75 Å². The van der Waals surface area contributed by atoms with Gasteiger partial charge in [0.2, 0.25) is 5.69 Å². The first-order chi connectivity index (χ1) is 12.9. The van der Waals surface area contributed by atoms with Crippen LogP contribution >= 0.6 is 23.2 Å². The Morgan fingerprint density at radius 1 is 1.04 bits per heavy atom. The number of benzene rings is 2. The van der Waals surface area contributed by atoms with Crippen LogP contribution in [0, 0.1) is 20.2 Å². The van der Waals surface area contributed by atoms with Crippen molar-refractivity contribution in [2.75, 3.05) is 0 Å². The molecule has 0 amide bonds. The number of nitro groups is 2. The van der Waals surface area contributed by atoms with Crippen molar-refractivity contribution in [1.82, 2.24) is 0 Å². The standard InChI is InChI=1S/C14H7Cl2F3N4O5/c15-8-1-6(13(24)9(16)4-8)5-20-21-12-10(22(25)26)2-7(14(17,18)19)3-11(12)23(27)28/h1-4,24H,5H2. The minimum absolute atomic E-state index is 0.0402. The molecule has 0 aromatic heterocycles. The first-order valence-electron chi connectivity index (χ1n) is 7.00. The highest BCUT2D eigenvalue weighted by Crippen LogP contribution is 2.43. The minimum Gasteiger partial charge on any atom is -0.506 e. The van der Waals surface area contributed by atoms with E-state index in [4.69, 9.17) is 23.2 Å². The molecular weight excluding hydrogens is 432 g/mol. The number of halogens is 5. The van der Waals surface area contributed by atoms with Crippen LogP contribution in [0.1, 0.15) is 11.1 Å². The molecule has 0 radical (unpaired) electrons. The molecule has 9 nitrogen and oxygen atoms in total. The predicted molar refractivity (Wildman–Crippen MR) is 91.1 cm³/mol. The van der Waals surface area contributed by atoms with Crippen molar-refractivity contribution < 1.29 is 28.1 Å². The zero-order valence-corrected chi connectivity index (χ0v) is 14.8. The first kappa shape index (κ1) is 21.3. The van der Waals surface area contributed by atoms with Gasteiger partial charge < -0.3 is 5.11 Å². The number of alkyl halides is 3. The summed E-state index contributed by atoms with van der Waals surface area (Å²) in [4.78, 5) is 19.7. The van der Waals surface area contributed by atoms with Gasteiger partial charge in [0, 0.05) is 22.7 Å². The van der Waals surface area contributed by atoms with Gasteiger partial charge in [0.25, 0.3) is 0 Å². The summed E-state index contributed by atoms with van der Waals surface area (Å²) in [6, 6.07) is 2.71. The lowest BCUT2D eigenvalue weighted by Gasteiger charge is -2.07. The van der Waals surface area contributed by atoms with Crippen LogP contribution in [0.15, 0.2) is 34.5 Å². The molecule has 1 N–H and O–H groups in total. The van der Waals surface area contributed by atoms with E-state index in [9.17, 15) is 38.5 Å². The molecule has 0 heterocycles. The number of azo groups is 1. The molecule has 0 spiro atoms. The van der Waals surface area contributed by atoms with Crippen LogP contribution in [0.5, 0.6) is 5.75 Å². The maximum Gasteiger partial charge on any atom is 0.416 e. The lowest BCUT2D eigenvalue weighted by atomic mass is 10.1. The van der Waals surface area contributed by atoms with Crippen molar-refractivity contribution in [3.63, 3.8) is 0 Å². The molecule has 0 saturated heterocycles. The highest BCUT2D eigenvalue weighted by atomic mass is 35.5. The summed E-state index contributed by atoms with van der Waals surface area (Å²) in [5, 5.41) is 38.8. The maximum atomic E-state index is 12.8. The summed E-state index contributed by atoms with van der Waals surface area (Å²) in [7, 11) is 0. The second kappa shape index (κ2) is 7.94.